The molecule has 1 aliphatic heterocycles. The lowest BCUT2D eigenvalue weighted by Crippen LogP contribution is -2.45. The van der Waals surface area contributed by atoms with E-state index in [-0.39, 0.29) is 28.7 Å². The van der Waals surface area contributed by atoms with Gasteiger partial charge in [-0.2, -0.15) is 0 Å². The minimum atomic E-state index is -4.01. The Morgan fingerprint density at radius 3 is 2.76 bits per heavy atom. The predicted molar refractivity (Wildman–Crippen MR) is 90.0 cm³/mol. The number of hydrogen-bond acceptors (Lipinski definition) is 7. The smallest absolute Gasteiger partial charge is 0.338 e. The summed E-state index contributed by atoms with van der Waals surface area (Å²) in [5.41, 5.74) is -0.493. The molecule has 0 bridgehead atoms. The molecular weight excluding hydrogens is 350 g/mol. The minimum Gasteiger partial charge on any atom is -0.462 e. The second kappa shape index (κ2) is 7.89. The van der Waals surface area contributed by atoms with Crippen LogP contribution in [0.15, 0.2) is 17.0 Å². The van der Waals surface area contributed by atoms with Gasteiger partial charge in [0, 0.05) is 24.2 Å². The van der Waals surface area contributed by atoms with Gasteiger partial charge >= 0.3 is 5.97 Å². The van der Waals surface area contributed by atoms with Crippen LogP contribution in [-0.2, 0) is 14.8 Å². The molecule has 1 heterocycles. The van der Waals surface area contributed by atoms with Crippen LogP contribution in [0.4, 0.5) is 5.69 Å². The van der Waals surface area contributed by atoms with Gasteiger partial charge in [0.25, 0.3) is 5.69 Å². The van der Waals surface area contributed by atoms with Crippen molar-refractivity contribution in [3.63, 3.8) is 0 Å². The summed E-state index contributed by atoms with van der Waals surface area (Å²) >= 11 is 0. The SMILES string of the molecule is CCOC(=O)c1cc(S(=O)(=O)NC2CCCNC2)cc([N+](=O)[O-])c1C. The molecular formula is C15H21N3O6S. The van der Waals surface area contributed by atoms with Gasteiger partial charge in [-0.25, -0.2) is 17.9 Å². The standard InChI is InChI=1S/C15H21N3O6S/c1-3-24-15(19)13-7-12(8-14(10(13)2)18(20)21)25(22,23)17-11-5-4-6-16-9-11/h7-8,11,16-17H,3-6,9H2,1-2H3. The Kier molecular flexibility index (Phi) is 6.09. The van der Waals surface area contributed by atoms with Gasteiger partial charge in [0.05, 0.1) is 22.0 Å². The van der Waals surface area contributed by atoms with Crippen LogP contribution < -0.4 is 10.0 Å². The van der Waals surface area contributed by atoms with Crippen molar-refractivity contribution in [2.45, 2.75) is 37.6 Å². The van der Waals surface area contributed by atoms with Gasteiger partial charge < -0.3 is 10.1 Å². The molecule has 1 aromatic rings. The quantitative estimate of drug-likeness (QED) is 0.435. The topological polar surface area (TPSA) is 128 Å². The van der Waals surface area contributed by atoms with E-state index in [1.807, 2.05) is 0 Å². The fraction of sp³-hybridized carbons (Fsp3) is 0.533. The van der Waals surface area contributed by atoms with Crippen molar-refractivity contribution in [2.75, 3.05) is 19.7 Å². The number of esters is 1. The lowest BCUT2D eigenvalue weighted by molar-refractivity contribution is -0.385. The van der Waals surface area contributed by atoms with Gasteiger partial charge in [-0.1, -0.05) is 0 Å². The third-order valence-corrected chi connectivity index (χ3v) is 5.47. The zero-order chi connectivity index (χ0) is 18.6. The van der Waals surface area contributed by atoms with E-state index < -0.39 is 26.6 Å². The maximum atomic E-state index is 12.6. The van der Waals surface area contributed by atoms with Crippen molar-refractivity contribution in [1.82, 2.24) is 10.0 Å². The summed E-state index contributed by atoms with van der Waals surface area (Å²) < 4.78 is 32.6. The zero-order valence-electron chi connectivity index (χ0n) is 14.1. The number of sulfonamides is 1. The molecule has 0 radical (unpaired) electrons. The molecule has 25 heavy (non-hydrogen) atoms. The Balaban J connectivity index is 2.44. The molecule has 10 heteroatoms. The third-order valence-electron chi connectivity index (χ3n) is 3.97. The number of carbonyl (C=O) groups is 1. The van der Waals surface area contributed by atoms with Crippen molar-refractivity contribution in [2.24, 2.45) is 0 Å². The van der Waals surface area contributed by atoms with Gasteiger partial charge in [0.1, 0.15) is 0 Å². The summed E-state index contributed by atoms with van der Waals surface area (Å²) in [4.78, 5) is 22.3. The molecule has 1 fully saturated rings. The number of hydrogen-bond donors (Lipinski definition) is 2. The molecule has 0 amide bonds. The predicted octanol–water partition coefficient (Wildman–Crippen LogP) is 1.11. The first-order valence-corrected chi connectivity index (χ1v) is 9.43. The Morgan fingerprint density at radius 1 is 1.48 bits per heavy atom. The molecule has 0 aromatic heterocycles. The number of nitrogens with one attached hydrogen (secondary N) is 2. The van der Waals surface area contributed by atoms with Crippen LogP contribution in [0.25, 0.3) is 0 Å². The fourth-order valence-corrected chi connectivity index (χ4v) is 3.99. The lowest BCUT2D eigenvalue weighted by Gasteiger charge is -2.23. The summed E-state index contributed by atoms with van der Waals surface area (Å²) in [7, 11) is -4.01. The van der Waals surface area contributed by atoms with E-state index in [0.29, 0.717) is 13.0 Å². The monoisotopic (exact) mass is 371 g/mol. The highest BCUT2D eigenvalue weighted by Gasteiger charge is 2.28. The molecule has 9 nitrogen and oxygen atoms in total. The van der Waals surface area contributed by atoms with Crippen LogP contribution in [0.5, 0.6) is 0 Å². The van der Waals surface area contributed by atoms with E-state index in [9.17, 15) is 23.3 Å². The van der Waals surface area contributed by atoms with Gasteiger partial charge in [0.2, 0.25) is 10.0 Å². The Morgan fingerprint density at radius 2 is 2.20 bits per heavy atom. The normalized spacial score (nSPS) is 17.9. The third kappa shape index (κ3) is 4.53. The Labute approximate surface area is 145 Å². The van der Waals surface area contributed by atoms with Crippen molar-refractivity contribution in [3.8, 4) is 0 Å². The number of ether oxygens (including phenoxy) is 1. The Hall–Kier alpha value is -2.04. The summed E-state index contributed by atoms with van der Waals surface area (Å²) in [6.45, 7) is 4.37. The summed E-state index contributed by atoms with van der Waals surface area (Å²) in [5.74, 6) is -0.792. The van der Waals surface area contributed by atoms with Crippen LogP contribution in [0.1, 0.15) is 35.7 Å². The van der Waals surface area contributed by atoms with E-state index in [1.165, 1.54) is 6.92 Å². The van der Waals surface area contributed by atoms with Crippen molar-refractivity contribution >= 4 is 21.7 Å². The number of rotatable bonds is 6. The number of benzene rings is 1. The number of nitro groups is 1. The average Bonchev–Trinajstić information content (AvgIpc) is 2.55. The van der Waals surface area contributed by atoms with Crippen LogP contribution >= 0.6 is 0 Å². The maximum absolute atomic E-state index is 12.6. The first-order valence-electron chi connectivity index (χ1n) is 7.95. The molecule has 138 valence electrons. The van der Waals surface area contributed by atoms with Gasteiger partial charge in [-0.3, -0.25) is 10.1 Å². The van der Waals surface area contributed by atoms with E-state index in [4.69, 9.17) is 4.74 Å². The number of nitrogens with zero attached hydrogens (tertiary/aromatic N) is 1. The second-order valence-electron chi connectivity index (χ2n) is 5.76. The molecule has 1 aromatic carbocycles. The van der Waals surface area contributed by atoms with Crippen LogP contribution in [0, 0.1) is 17.0 Å². The van der Waals surface area contributed by atoms with Gasteiger partial charge in [0.15, 0.2) is 0 Å². The number of piperidine rings is 1. The summed E-state index contributed by atoms with van der Waals surface area (Å²) in [6, 6.07) is 1.79. The summed E-state index contributed by atoms with van der Waals surface area (Å²) in [6.07, 6.45) is 1.50. The fourth-order valence-electron chi connectivity index (χ4n) is 2.68. The highest BCUT2D eigenvalue weighted by molar-refractivity contribution is 7.89. The van der Waals surface area contributed by atoms with Crippen molar-refractivity contribution < 1.29 is 22.9 Å². The molecule has 1 unspecified atom stereocenters. The van der Waals surface area contributed by atoms with Gasteiger partial charge in [-0.05, 0) is 39.3 Å². The maximum Gasteiger partial charge on any atom is 0.338 e. The molecule has 0 spiro atoms. The van der Waals surface area contributed by atoms with E-state index in [2.05, 4.69) is 10.0 Å². The highest BCUT2D eigenvalue weighted by atomic mass is 32.2. The molecule has 1 atom stereocenters. The molecule has 0 aliphatic carbocycles. The van der Waals surface area contributed by atoms with Crippen LogP contribution in [0.2, 0.25) is 0 Å². The largest absolute Gasteiger partial charge is 0.462 e. The molecule has 2 rings (SSSR count). The van der Waals surface area contributed by atoms with Crippen LogP contribution in [0.3, 0.4) is 0 Å². The Bertz CT molecular complexity index is 772. The number of nitro benzene ring substituents is 1. The minimum absolute atomic E-state index is 0.0710. The first kappa shape index (κ1) is 19.3. The van der Waals surface area contributed by atoms with Gasteiger partial charge in [-0.15, -0.1) is 0 Å². The molecule has 2 N–H and O–H groups in total. The lowest BCUT2D eigenvalue weighted by atomic mass is 10.1. The average molecular weight is 371 g/mol. The van der Waals surface area contributed by atoms with Crippen LogP contribution in [-0.4, -0.2) is 45.0 Å². The highest BCUT2D eigenvalue weighted by Crippen LogP contribution is 2.27. The zero-order valence-corrected chi connectivity index (χ0v) is 14.9. The number of carbonyl (C=O) groups excluding carboxylic acids is 1. The summed E-state index contributed by atoms with van der Waals surface area (Å²) in [5, 5.41) is 14.3. The molecule has 0 saturated carbocycles. The van der Waals surface area contributed by atoms with E-state index in [0.717, 1.165) is 25.1 Å². The molecule has 1 saturated heterocycles. The second-order valence-corrected chi connectivity index (χ2v) is 7.47. The molecule has 1 aliphatic rings. The van der Waals surface area contributed by atoms with Crippen molar-refractivity contribution in [1.29, 1.82) is 0 Å². The van der Waals surface area contributed by atoms with Crippen molar-refractivity contribution in [3.05, 3.63) is 33.4 Å². The first-order chi connectivity index (χ1) is 11.8. The van der Waals surface area contributed by atoms with E-state index in [1.54, 1.807) is 6.92 Å². The van der Waals surface area contributed by atoms with E-state index >= 15 is 0 Å².